The predicted octanol–water partition coefficient (Wildman–Crippen LogP) is 1.60. The van der Waals surface area contributed by atoms with Crippen molar-refractivity contribution in [2.24, 2.45) is 5.92 Å². The van der Waals surface area contributed by atoms with E-state index in [9.17, 15) is 14.9 Å². The van der Waals surface area contributed by atoms with Crippen LogP contribution in [0.25, 0.3) is 0 Å². The summed E-state index contributed by atoms with van der Waals surface area (Å²) in [5.74, 6) is -0.00425. The van der Waals surface area contributed by atoms with E-state index in [2.05, 4.69) is 10.2 Å². The molecule has 0 bridgehead atoms. The van der Waals surface area contributed by atoms with Crippen LogP contribution in [-0.4, -0.2) is 55.6 Å². The van der Waals surface area contributed by atoms with Crippen molar-refractivity contribution in [2.75, 3.05) is 39.9 Å². The zero-order chi connectivity index (χ0) is 16.8. The molecule has 0 aromatic heterocycles. The molecular formula is C16H23N3O4. The molecule has 1 aliphatic rings. The summed E-state index contributed by atoms with van der Waals surface area (Å²) in [5, 5.41) is 14.0. The molecule has 0 spiro atoms. The Bertz CT molecular complexity index is 576. The van der Waals surface area contributed by atoms with Gasteiger partial charge in [0.2, 0.25) is 0 Å². The molecule has 1 N–H and O–H groups in total. The molecule has 126 valence electrons. The van der Waals surface area contributed by atoms with Gasteiger partial charge in [-0.3, -0.25) is 14.9 Å². The third kappa shape index (κ3) is 4.49. The smallest absolute Gasteiger partial charge is 0.285 e. The van der Waals surface area contributed by atoms with Gasteiger partial charge in [-0.15, -0.1) is 0 Å². The first-order valence-corrected chi connectivity index (χ1v) is 7.76. The number of nitro benzene ring substituents is 1. The molecular weight excluding hydrogens is 298 g/mol. The van der Waals surface area contributed by atoms with E-state index in [1.807, 2.05) is 0 Å². The largest absolute Gasteiger partial charge is 0.383 e. The molecule has 23 heavy (non-hydrogen) atoms. The van der Waals surface area contributed by atoms with Gasteiger partial charge in [-0.25, -0.2) is 0 Å². The number of nitrogens with zero attached hydrogens (tertiary/aromatic N) is 2. The Balaban J connectivity index is 1.91. The second kappa shape index (κ2) is 8.03. The summed E-state index contributed by atoms with van der Waals surface area (Å²) >= 11 is 0. The van der Waals surface area contributed by atoms with Crippen molar-refractivity contribution in [3.8, 4) is 0 Å². The third-order valence-corrected chi connectivity index (χ3v) is 4.20. The maximum atomic E-state index is 12.3. The highest BCUT2D eigenvalue weighted by Crippen LogP contribution is 2.23. The zero-order valence-electron chi connectivity index (χ0n) is 13.6. The number of ether oxygens (including phenoxy) is 1. The molecule has 0 unspecified atom stereocenters. The quantitative estimate of drug-likeness (QED) is 0.609. The Hall–Kier alpha value is -1.99. The van der Waals surface area contributed by atoms with Crippen LogP contribution in [0.1, 0.15) is 22.3 Å². The first kappa shape index (κ1) is 17.4. The molecule has 1 heterocycles. The lowest BCUT2D eigenvalue weighted by molar-refractivity contribution is -0.385. The first-order valence-electron chi connectivity index (χ1n) is 7.76. The van der Waals surface area contributed by atoms with Crippen molar-refractivity contribution < 1.29 is 14.5 Å². The standard InChI is InChI=1S/C16H23N3O4/c1-12-4-3-5-14(15(12)19(21)22)16(20)17-10-13-6-7-18(11-13)8-9-23-2/h3-5,13H,6-11H2,1-2H3,(H,17,20)/t13-/m0/s1. The van der Waals surface area contributed by atoms with Crippen LogP contribution in [0.3, 0.4) is 0 Å². The highest BCUT2D eigenvalue weighted by molar-refractivity contribution is 5.98. The lowest BCUT2D eigenvalue weighted by atomic mass is 10.1. The number of rotatable bonds is 7. The minimum absolute atomic E-state index is 0.113. The molecule has 0 radical (unpaired) electrons. The van der Waals surface area contributed by atoms with E-state index in [-0.39, 0.29) is 17.2 Å². The number of para-hydroxylation sites is 1. The predicted molar refractivity (Wildman–Crippen MR) is 86.6 cm³/mol. The highest BCUT2D eigenvalue weighted by Gasteiger charge is 2.25. The molecule has 0 saturated carbocycles. The van der Waals surface area contributed by atoms with Crippen molar-refractivity contribution in [1.29, 1.82) is 0 Å². The summed E-state index contributed by atoms with van der Waals surface area (Å²) in [6.45, 7) is 5.68. The van der Waals surface area contributed by atoms with Crippen molar-refractivity contribution in [3.05, 3.63) is 39.4 Å². The zero-order valence-corrected chi connectivity index (χ0v) is 13.6. The number of nitrogens with one attached hydrogen (secondary N) is 1. The molecule has 1 saturated heterocycles. The maximum Gasteiger partial charge on any atom is 0.285 e. The maximum absolute atomic E-state index is 12.3. The van der Waals surface area contributed by atoms with Crippen LogP contribution in [0, 0.1) is 23.0 Å². The van der Waals surface area contributed by atoms with Gasteiger partial charge in [0.15, 0.2) is 0 Å². The highest BCUT2D eigenvalue weighted by atomic mass is 16.6. The van der Waals surface area contributed by atoms with E-state index in [4.69, 9.17) is 4.74 Å². The second-order valence-electron chi connectivity index (χ2n) is 5.89. The molecule has 1 fully saturated rings. The van der Waals surface area contributed by atoms with Crippen molar-refractivity contribution in [2.45, 2.75) is 13.3 Å². The van der Waals surface area contributed by atoms with Crippen LogP contribution in [-0.2, 0) is 4.74 Å². The fourth-order valence-corrected chi connectivity index (χ4v) is 2.92. The van der Waals surface area contributed by atoms with Crippen molar-refractivity contribution in [1.82, 2.24) is 10.2 Å². The van der Waals surface area contributed by atoms with Crippen LogP contribution in [0.5, 0.6) is 0 Å². The normalized spacial score (nSPS) is 18.1. The number of benzene rings is 1. The second-order valence-corrected chi connectivity index (χ2v) is 5.89. The van der Waals surface area contributed by atoms with E-state index in [1.54, 1.807) is 26.2 Å². The molecule has 1 aromatic rings. The molecule has 7 heteroatoms. The summed E-state index contributed by atoms with van der Waals surface area (Å²) in [6.07, 6.45) is 1.01. The number of methoxy groups -OCH3 is 1. The summed E-state index contributed by atoms with van der Waals surface area (Å²) < 4.78 is 5.07. The summed E-state index contributed by atoms with van der Waals surface area (Å²) in [5.41, 5.74) is 0.511. The van der Waals surface area contributed by atoms with Gasteiger partial charge in [-0.2, -0.15) is 0 Å². The summed E-state index contributed by atoms with van der Waals surface area (Å²) in [7, 11) is 1.68. The Morgan fingerprint density at radius 3 is 3.00 bits per heavy atom. The summed E-state index contributed by atoms with van der Waals surface area (Å²) in [4.78, 5) is 25.2. The number of hydrogen-bond donors (Lipinski definition) is 1. The number of likely N-dealkylation sites (tertiary alicyclic amines) is 1. The number of nitro groups is 1. The minimum atomic E-state index is -0.494. The lowest BCUT2D eigenvalue weighted by Gasteiger charge is -2.15. The van der Waals surface area contributed by atoms with E-state index in [0.717, 1.165) is 26.1 Å². The van der Waals surface area contributed by atoms with Crippen LogP contribution in [0.2, 0.25) is 0 Å². The molecule has 1 aliphatic heterocycles. The van der Waals surface area contributed by atoms with Gasteiger partial charge in [0.1, 0.15) is 5.56 Å². The minimum Gasteiger partial charge on any atom is -0.383 e. The van der Waals surface area contributed by atoms with Gasteiger partial charge in [-0.05, 0) is 31.9 Å². The lowest BCUT2D eigenvalue weighted by Crippen LogP contribution is -2.32. The summed E-state index contributed by atoms with van der Waals surface area (Å²) in [6, 6.07) is 4.80. The van der Waals surface area contributed by atoms with Crippen LogP contribution < -0.4 is 5.32 Å². The molecule has 1 amide bonds. The van der Waals surface area contributed by atoms with Gasteiger partial charge in [0.05, 0.1) is 11.5 Å². The number of carbonyl (C=O) groups excluding carboxylic acids is 1. The average molecular weight is 321 g/mol. The average Bonchev–Trinajstić information content (AvgIpc) is 2.97. The Morgan fingerprint density at radius 2 is 2.30 bits per heavy atom. The van der Waals surface area contributed by atoms with Gasteiger partial charge in [0, 0.05) is 32.3 Å². The molecule has 2 rings (SSSR count). The molecule has 1 aromatic carbocycles. The van der Waals surface area contributed by atoms with Gasteiger partial charge in [-0.1, -0.05) is 12.1 Å². The van der Waals surface area contributed by atoms with Crippen molar-refractivity contribution >= 4 is 11.6 Å². The number of hydrogen-bond acceptors (Lipinski definition) is 5. The number of aryl methyl sites for hydroxylation is 1. The Kier molecular flexibility index (Phi) is 6.06. The van der Waals surface area contributed by atoms with Gasteiger partial charge in [0.25, 0.3) is 11.6 Å². The van der Waals surface area contributed by atoms with Crippen LogP contribution in [0.15, 0.2) is 18.2 Å². The van der Waals surface area contributed by atoms with Gasteiger partial charge < -0.3 is 15.0 Å². The van der Waals surface area contributed by atoms with Crippen LogP contribution in [0.4, 0.5) is 5.69 Å². The number of amides is 1. The Labute approximate surface area is 135 Å². The SMILES string of the molecule is COCCN1CC[C@@H](CNC(=O)c2cccc(C)c2[N+](=O)[O-])C1. The fraction of sp³-hybridized carbons (Fsp3) is 0.562. The van der Waals surface area contributed by atoms with E-state index < -0.39 is 4.92 Å². The first-order chi connectivity index (χ1) is 11.0. The van der Waals surface area contributed by atoms with Gasteiger partial charge >= 0.3 is 0 Å². The van der Waals surface area contributed by atoms with E-state index >= 15 is 0 Å². The van der Waals surface area contributed by atoms with Crippen molar-refractivity contribution in [3.63, 3.8) is 0 Å². The monoisotopic (exact) mass is 321 g/mol. The Morgan fingerprint density at radius 1 is 1.52 bits per heavy atom. The van der Waals surface area contributed by atoms with E-state index in [1.165, 1.54) is 6.07 Å². The number of carbonyl (C=O) groups is 1. The molecule has 0 aliphatic carbocycles. The van der Waals surface area contributed by atoms with Crippen LogP contribution >= 0.6 is 0 Å². The molecule has 1 atom stereocenters. The topological polar surface area (TPSA) is 84.7 Å². The van der Waals surface area contributed by atoms with E-state index in [0.29, 0.717) is 24.6 Å². The fourth-order valence-electron chi connectivity index (χ4n) is 2.92. The molecule has 7 nitrogen and oxygen atoms in total. The third-order valence-electron chi connectivity index (χ3n) is 4.20.